The zero-order chi connectivity index (χ0) is 53.9. The molecule has 3 saturated heterocycles. The predicted molar refractivity (Wildman–Crippen MR) is 304 cm³/mol. The molecule has 0 amide bonds. The number of aromatic nitrogens is 1. The van der Waals surface area contributed by atoms with Gasteiger partial charge in [-0.25, -0.2) is 16.8 Å². The largest absolute Gasteiger partial charge is 0.501 e. The molecule has 3 fully saturated rings. The molecule has 6 aromatic rings. The summed E-state index contributed by atoms with van der Waals surface area (Å²) in [5.74, 6) is 0.753. The first kappa shape index (κ1) is 56.0. The third-order valence-electron chi connectivity index (χ3n) is 14.5. The average molecular weight is 1140 g/mol. The van der Waals surface area contributed by atoms with Crippen LogP contribution in [0.1, 0.15) is 44.8 Å². The highest BCUT2D eigenvalue weighted by Crippen LogP contribution is 2.50. The first-order valence-corrected chi connectivity index (χ1v) is 31.6. The van der Waals surface area contributed by atoms with E-state index in [-0.39, 0.29) is 30.3 Å². The van der Waals surface area contributed by atoms with Crippen molar-refractivity contribution in [2.45, 2.75) is 72.3 Å². The van der Waals surface area contributed by atoms with Crippen LogP contribution < -0.4 is 25.1 Å². The number of nitrogens with zero attached hydrogens (tertiary/aromatic N) is 5. The number of alkyl halides is 3. The van der Waals surface area contributed by atoms with Crippen LogP contribution in [0.4, 0.5) is 35.9 Å². The van der Waals surface area contributed by atoms with E-state index in [4.69, 9.17) is 16.1 Å². The Morgan fingerprint density at radius 1 is 0.789 bits per heavy atom. The Labute approximate surface area is 455 Å². The Balaban J connectivity index is 0.910. The summed E-state index contributed by atoms with van der Waals surface area (Å²) in [6, 6.07) is 37.2. The standard InChI is InChI=1S/C56H65ClF3N6O6PS3/c1-39(2)66-40(3)55(75(4,68)69)53(54(66)42-13-15-44(57)16-14-42)43-9-8-10-48(35-43)64-31-29-63(30-32-64)46-17-19-47(20-18-46)65-33-34-72-73(65)49-21-22-51(52(36-49)76(70,71)56(58,59)60)61-45(38-74-50-11-6-5-7-12-50)25-28-62-26-23-41(37-67)24-27-62/h5-22,35-36,39,41,45,61,67H,23-34,37-38H2,1-4H3/t45-,73+/m1/s1. The van der Waals surface area contributed by atoms with Gasteiger partial charge in [0.25, 0.3) is 9.84 Å². The van der Waals surface area contributed by atoms with Crippen molar-refractivity contribution in [2.24, 2.45) is 5.92 Å². The van der Waals surface area contributed by atoms with E-state index in [1.54, 1.807) is 17.8 Å². The number of hydrogen-bond donors (Lipinski definition) is 2. The fourth-order valence-electron chi connectivity index (χ4n) is 10.6. The zero-order valence-electron chi connectivity index (χ0n) is 43.1. The lowest BCUT2D eigenvalue weighted by Crippen LogP contribution is -2.46. The maximum atomic E-state index is 14.5. The van der Waals surface area contributed by atoms with Crippen molar-refractivity contribution in [1.82, 2.24) is 9.47 Å². The topological polar surface area (TPSA) is 128 Å². The summed E-state index contributed by atoms with van der Waals surface area (Å²) in [7, 11) is -11.1. The maximum Gasteiger partial charge on any atom is 0.501 e. The summed E-state index contributed by atoms with van der Waals surface area (Å²) in [6.07, 6.45) is 3.57. The molecule has 2 N–H and O–H groups in total. The van der Waals surface area contributed by atoms with Crippen molar-refractivity contribution >= 4 is 79.4 Å². The smallest absolute Gasteiger partial charge is 0.396 e. The summed E-state index contributed by atoms with van der Waals surface area (Å²) < 4.78 is 108. The Hall–Kier alpha value is -4.78. The summed E-state index contributed by atoms with van der Waals surface area (Å²) in [5.41, 5.74) is 1.00. The molecular weight excluding hydrogens is 1070 g/mol. The number of halogens is 4. The van der Waals surface area contributed by atoms with E-state index in [1.165, 1.54) is 12.3 Å². The number of thioether (sulfide) groups is 1. The van der Waals surface area contributed by atoms with E-state index in [1.807, 2.05) is 103 Å². The fraction of sp³-hybridized carbons (Fsp3) is 0.393. The molecule has 9 rings (SSSR count). The highest BCUT2D eigenvalue weighted by atomic mass is 35.5. The zero-order valence-corrected chi connectivity index (χ0v) is 47.2. The Morgan fingerprint density at radius 2 is 1.45 bits per heavy atom. The third-order valence-corrected chi connectivity index (χ3v) is 20.7. The second-order valence-electron chi connectivity index (χ2n) is 20.0. The molecule has 3 aliphatic rings. The van der Waals surface area contributed by atoms with Crippen LogP contribution in [0.25, 0.3) is 22.4 Å². The molecule has 2 atom stereocenters. The second-order valence-corrected chi connectivity index (χ2v) is 27.2. The summed E-state index contributed by atoms with van der Waals surface area (Å²) in [5, 5.41) is 13.8. The van der Waals surface area contributed by atoms with E-state index >= 15 is 0 Å². The molecule has 20 heteroatoms. The van der Waals surface area contributed by atoms with Crippen LogP contribution in [0.2, 0.25) is 5.02 Å². The third kappa shape index (κ3) is 12.4. The Morgan fingerprint density at radius 3 is 2.08 bits per heavy atom. The number of likely N-dealkylation sites (tertiary alicyclic amines) is 1. The number of hydrogen-bond acceptors (Lipinski definition) is 12. The van der Waals surface area contributed by atoms with Gasteiger partial charge >= 0.3 is 5.51 Å². The molecule has 406 valence electrons. The van der Waals surface area contributed by atoms with E-state index < -0.39 is 38.4 Å². The number of anilines is 4. The van der Waals surface area contributed by atoms with Gasteiger partial charge in [0.1, 0.15) is 0 Å². The molecule has 0 aliphatic carbocycles. The average Bonchev–Trinajstić information content (AvgIpc) is 4.06. The lowest BCUT2D eigenvalue weighted by molar-refractivity contribution is -0.0435. The van der Waals surface area contributed by atoms with Gasteiger partial charge in [-0.1, -0.05) is 54.1 Å². The Bertz CT molecular complexity index is 3190. The molecule has 12 nitrogen and oxygen atoms in total. The first-order valence-electron chi connectivity index (χ1n) is 25.7. The van der Waals surface area contributed by atoms with E-state index in [0.717, 1.165) is 70.8 Å². The van der Waals surface area contributed by atoms with Crippen LogP contribution in [0.5, 0.6) is 0 Å². The number of sulfone groups is 2. The molecule has 0 saturated carbocycles. The Kier molecular flexibility index (Phi) is 17.4. The molecule has 4 heterocycles. The van der Waals surface area contributed by atoms with Gasteiger partial charge in [0, 0.05) is 114 Å². The van der Waals surface area contributed by atoms with Crippen molar-refractivity contribution in [3.8, 4) is 22.4 Å². The number of piperidine rings is 1. The van der Waals surface area contributed by atoms with Crippen LogP contribution >= 0.6 is 31.7 Å². The number of aliphatic hydroxyl groups excluding tert-OH is 1. The van der Waals surface area contributed by atoms with Gasteiger partial charge < -0.3 is 38.9 Å². The van der Waals surface area contributed by atoms with Gasteiger partial charge in [-0.2, -0.15) is 13.2 Å². The van der Waals surface area contributed by atoms with Gasteiger partial charge in [-0.15, -0.1) is 11.8 Å². The lowest BCUT2D eigenvalue weighted by Gasteiger charge is -2.37. The number of aliphatic hydroxyl groups is 1. The summed E-state index contributed by atoms with van der Waals surface area (Å²) in [6.45, 7) is 12.0. The summed E-state index contributed by atoms with van der Waals surface area (Å²) >= 11 is 7.86. The van der Waals surface area contributed by atoms with Gasteiger partial charge in [0.15, 0.2) is 18.1 Å². The molecule has 0 unspecified atom stereocenters. The monoisotopic (exact) mass is 1140 g/mol. The quantitative estimate of drug-likeness (QED) is 0.0628. The van der Waals surface area contributed by atoms with Crippen LogP contribution in [-0.4, -0.2) is 121 Å². The fourth-order valence-corrected chi connectivity index (χ4v) is 15.9. The molecule has 3 aliphatic heterocycles. The van der Waals surface area contributed by atoms with Crippen molar-refractivity contribution in [2.75, 3.05) is 97.4 Å². The molecule has 5 aromatic carbocycles. The normalized spacial score (nSPS) is 17.7. The van der Waals surface area contributed by atoms with Crippen LogP contribution in [0.3, 0.4) is 0 Å². The highest BCUT2D eigenvalue weighted by Gasteiger charge is 2.49. The van der Waals surface area contributed by atoms with Gasteiger partial charge in [-0.05, 0) is 149 Å². The molecular formula is C56H65ClF3N6O6PS3. The molecule has 0 spiro atoms. The minimum Gasteiger partial charge on any atom is -0.396 e. The van der Waals surface area contributed by atoms with Crippen LogP contribution in [0.15, 0.2) is 136 Å². The minimum absolute atomic E-state index is 0.0186. The second kappa shape index (κ2) is 23.7. The number of piperazine rings is 1. The molecule has 76 heavy (non-hydrogen) atoms. The lowest BCUT2D eigenvalue weighted by atomic mass is 9.97. The van der Waals surface area contributed by atoms with Gasteiger partial charge in [0.2, 0.25) is 0 Å². The number of benzene rings is 5. The molecule has 1 aromatic heterocycles. The number of nitrogens with one attached hydrogen (secondary N) is 1. The highest BCUT2D eigenvalue weighted by molar-refractivity contribution is 7.99. The van der Waals surface area contributed by atoms with Crippen molar-refractivity contribution < 1.29 is 39.6 Å². The minimum atomic E-state index is -5.78. The van der Waals surface area contributed by atoms with E-state index in [2.05, 4.69) is 50.6 Å². The van der Waals surface area contributed by atoms with E-state index in [9.17, 15) is 35.1 Å². The predicted octanol–water partition coefficient (Wildman–Crippen LogP) is 11.5. The van der Waals surface area contributed by atoms with Crippen molar-refractivity contribution in [3.63, 3.8) is 0 Å². The van der Waals surface area contributed by atoms with Crippen LogP contribution in [0, 0.1) is 12.8 Å². The van der Waals surface area contributed by atoms with Crippen molar-refractivity contribution in [1.29, 1.82) is 0 Å². The van der Waals surface area contributed by atoms with Gasteiger partial charge in [0.05, 0.1) is 27.8 Å². The molecule has 0 bridgehead atoms. The van der Waals surface area contributed by atoms with Gasteiger partial charge in [-0.3, -0.25) is 0 Å². The SMILES string of the molecule is Cc1c(S(C)(=O)=O)c(-c2cccc(N3CCN(c4ccc(N5CCO[P@@]5c5ccc(N[C@H](CCN6CCC(CO)CC6)CSc6ccccc6)c(S(=O)(=O)C(F)(F)F)c5)cc4)CC3)c2)c(-c2ccc(Cl)cc2)n1C(C)C. The van der Waals surface area contributed by atoms with Crippen LogP contribution in [-0.2, 0) is 24.2 Å². The summed E-state index contributed by atoms with van der Waals surface area (Å²) in [4.78, 5) is 7.38. The van der Waals surface area contributed by atoms with Crippen molar-refractivity contribution in [3.05, 3.63) is 132 Å². The van der Waals surface area contributed by atoms with E-state index in [0.29, 0.717) is 84.5 Å². The number of rotatable bonds is 18. The molecule has 0 radical (unpaired) electrons. The first-order chi connectivity index (χ1) is 36.3. The maximum absolute atomic E-state index is 14.5.